The Kier molecular flexibility index (Phi) is 6.12. The minimum Gasteiger partial charge on any atom is -0.550 e. The van der Waals surface area contributed by atoms with Crippen LogP contribution in [0.5, 0.6) is 0 Å². The van der Waals surface area contributed by atoms with E-state index in [1.165, 1.54) is 6.92 Å². The average Bonchev–Trinajstić information content (AvgIpc) is 1.95. The van der Waals surface area contributed by atoms with Gasteiger partial charge >= 0.3 is 5.97 Å². The van der Waals surface area contributed by atoms with Crippen molar-refractivity contribution in [3.05, 3.63) is 0 Å². The lowest BCUT2D eigenvalue weighted by atomic mass is 10.2. The fourth-order valence-corrected chi connectivity index (χ4v) is 1.42. The third kappa shape index (κ3) is 9.77. The highest BCUT2D eigenvalue weighted by Crippen LogP contribution is 2.06. The molecule has 0 fully saturated rings. The van der Waals surface area contributed by atoms with Crippen LogP contribution in [0.3, 0.4) is 0 Å². The van der Waals surface area contributed by atoms with Crippen molar-refractivity contribution in [2.45, 2.75) is 32.0 Å². The molecule has 0 aromatic rings. The molecule has 0 rings (SSSR count). The minimum atomic E-state index is -1.26. The first-order valence-electron chi connectivity index (χ1n) is 5.48. The van der Waals surface area contributed by atoms with E-state index in [0.717, 1.165) is 0 Å². The fraction of sp³-hybridized carbons (Fsp3) is 0.818. The number of likely N-dealkylation sites (N-methyl/N-ethyl adjacent to an activating group) is 1. The molecule has 6 nitrogen and oxygen atoms in total. The third-order valence-electron chi connectivity index (χ3n) is 1.91. The van der Waals surface area contributed by atoms with Gasteiger partial charge in [0, 0.05) is 12.4 Å². The van der Waals surface area contributed by atoms with Gasteiger partial charge in [-0.25, -0.2) is 0 Å². The normalized spacial score (nSPS) is 15.1. The quantitative estimate of drug-likeness (QED) is 0.438. The monoisotopic (exact) mass is 247 g/mol. The zero-order valence-electron chi connectivity index (χ0n) is 10.8. The molecule has 17 heavy (non-hydrogen) atoms. The number of ether oxygens (including phenoxy) is 1. The van der Waals surface area contributed by atoms with Gasteiger partial charge < -0.3 is 24.2 Å². The highest BCUT2D eigenvalue weighted by Gasteiger charge is 2.22. The van der Waals surface area contributed by atoms with E-state index in [9.17, 15) is 14.7 Å². The first kappa shape index (κ1) is 15.9. The lowest BCUT2D eigenvalue weighted by Gasteiger charge is -2.29. The number of carboxylic acids is 1. The van der Waals surface area contributed by atoms with Gasteiger partial charge in [0.25, 0.3) is 0 Å². The Morgan fingerprint density at radius 3 is 2.18 bits per heavy atom. The average molecular weight is 247 g/mol. The molecule has 0 bridgehead atoms. The molecule has 0 heterocycles. The van der Waals surface area contributed by atoms with Crippen molar-refractivity contribution in [2.75, 3.05) is 27.7 Å². The van der Waals surface area contributed by atoms with Gasteiger partial charge in [0.05, 0.1) is 33.7 Å². The largest absolute Gasteiger partial charge is 0.550 e. The summed E-state index contributed by atoms with van der Waals surface area (Å²) < 4.78 is 5.48. The van der Waals surface area contributed by atoms with Crippen LogP contribution < -0.4 is 5.11 Å². The van der Waals surface area contributed by atoms with Gasteiger partial charge in [0.1, 0.15) is 6.54 Å². The lowest BCUT2D eigenvalue weighted by molar-refractivity contribution is -0.873. The van der Waals surface area contributed by atoms with Gasteiger partial charge in [-0.05, 0) is 6.92 Å². The number of hydrogen-bond donors (Lipinski definition) is 1. The zero-order valence-corrected chi connectivity index (χ0v) is 10.8. The van der Waals surface area contributed by atoms with Crippen molar-refractivity contribution in [3.63, 3.8) is 0 Å². The summed E-state index contributed by atoms with van der Waals surface area (Å²) >= 11 is 0. The Labute approximate surface area is 101 Å². The first-order valence-corrected chi connectivity index (χ1v) is 5.48. The maximum atomic E-state index is 11.3. The number of nitrogens with zero attached hydrogens (tertiary/aromatic N) is 1. The number of hydrogen-bond acceptors (Lipinski definition) is 5. The van der Waals surface area contributed by atoms with Crippen molar-refractivity contribution >= 4 is 11.9 Å². The number of aliphatic hydroxyl groups is 1. The third-order valence-corrected chi connectivity index (χ3v) is 1.91. The summed E-state index contributed by atoms with van der Waals surface area (Å²) in [5.74, 6) is -1.85. The SMILES string of the molecule is C[C@@H](O)CC(=O)O[C@@H](CC(=O)[O-])C[N+](C)(C)C. The molecule has 0 aliphatic heterocycles. The van der Waals surface area contributed by atoms with Crippen LogP contribution in [0.15, 0.2) is 0 Å². The molecule has 0 aliphatic rings. The number of esters is 1. The molecule has 0 radical (unpaired) electrons. The fourth-order valence-electron chi connectivity index (χ4n) is 1.42. The van der Waals surface area contributed by atoms with Gasteiger partial charge in [0.2, 0.25) is 0 Å². The molecule has 0 aromatic heterocycles. The van der Waals surface area contributed by atoms with E-state index in [-0.39, 0.29) is 12.8 Å². The van der Waals surface area contributed by atoms with Crippen molar-refractivity contribution in [1.29, 1.82) is 0 Å². The van der Waals surface area contributed by atoms with E-state index >= 15 is 0 Å². The van der Waals surface area contributed by atoms with Crippen molar-refractivity contribution < 1.29 is 29.0 Å². The maximum Gasteiger partial charge on any atom is 0.308 e. The lowest BCUT2D eigenvalue weighted by Crippen LogP contribution is -2.45. The summed E-state index contributed by atoms with van der Waals surface area (Å²) in [5.41, 5.74) is 0. The Balaban J connectivity index is 4.38. The Bertz CT molecular complexity index is 270. The predicted octanol–water partition coefficient (Wildman–Crippen LogP) is -1.48. The summed E-state index contributed by atoms with van der Waals surface area (Å²) in [7, 11) is 5.60. The second kappa shape index (κ2) is 6.56. The minimum absolute atomic E-state index is 0.138. The van der Waals surface area contributed by atoms with Crippen LogP contribution in [0.2, 0.25) is 0 Å². The molecular weight excluding hydrogens is 226 g/mol. The topological polar surface area (TPSA) is 86.7 Å². The van der Waals surface area contributed by atoms with Gasteiger partial charge in [-0.1, -0.05) is 0 Å². The molecule has 6 heteroatoms. The maximum absolute atomic E-state index is 11.3. The molecule has 0 amide bonds. The summed E-state index contributed by atoms with van der Waals surface area (Å²) in [6.45, 7) is 1.84. The molecule has 0 aromatic carbocycles. The highest BCUT2D eigenvalue weighted by molar-refractivity contribution is 5.71. The van der Waals surface area contributed by atoms with Crippen LogP contribution >= 0.6 is 0 Å². The summed E-state index contributed by atoms with van der Waals surface area (Å²) in [5, 5.41) is 19.6. The molecule has 0 unspecified atom stereocenters. The number of rotatable bonds is 7. The number of carboxylic acid groups (broad SMARTS) is 1. The summed E-state index contributed by atoms with van der Waals surface area (Å²) in [6, 6.07) is 0. The molecule has 0 saturated carbocycles. The first-order chi connectivity index (χ1) is 7.60. The molecular formula is C11H21NO5. The van der Waals surface area contributed by atoms with Gasteiger partial charge in [0.15, 0.2) is 6.10 Å². The number of carbonyl (C=O) groups is 2. The second-order valence-electron chi connectivity index (χ2n) is 5.21. The van der Waals surface area contributed by atoms with E-state index in [0.29, 0.717) is 11.0 Å². The van der Waals surface area contributed by atoms with Crippen LogP contribution in [-0.4, -0.2) is 61.4 Å². The molecule has 2 atom stereocenters. The van der Waals surface area contributed by atoms with Crippen LogP contribution in [0, 0.1) is 0 Å². The van der Waals surface area contributed by atoms with Crippen LogP contribution in [-0.2, 0) is 14.3 Å². The predicted molar refractivity (Wildman–Crippen MR) is 58.7 cm³/mol. The zero-order chi connectivity index (χ0) is 13.6. The van der Waals surface area contributed by atoms with Crippen LogP contribution in [0.1, 0.15) is 19.8 Å². The smallest absolute Gasteiger partial charge is 0.308 e. The van der Waals surface area contributed by atoms with Crippen molar-refractivity contribution in [3.8, 4) is 0 Å². The van der Waals surface area contributed by atoms with E-state index < -0.39 is 24.1 Å². The number of carbonyl (C=O) groups excluding carboxylic acids is 2. The Hall–Kier alpha value is -1.14. The van der Waals surface area contributed by atoms with Crippen LogP contribution in [0.25, 0.3) is 0 Å². The number of quaternary nitrogens is 1. The van der Waals surface area contributed by atoms with Crippen molar-refractivity contribution in [1.82, 2.24) is 0 Å². The van der Waals surface area contributed by atoms with E-state index in [4.69, 9.17) is 9.84 Å². The molecule has 100 valence electrons. The van der Waals surface area contributed by atoms with E-state index in [2.05, 4.69) is 0 Å². The van der Waals surface area contributed by atoms with Gasteiger partial charge in [-0.15, -0.1) is 0 Å². The second-order valence-corrected chi connectivity index (χ2v) is 5.21. The van der Waals surface area contributed by atoms with Crippen molar-refractivity contribution in [2.24, 2.45) is 0 Å². The van der Waals surface area contributed by atoms with Gasteiger partial charge in [-0.3, -0.25) is 4.79 Å². The molecule has 1 N–H and O–H groups in total. The number of aliphatic hydroxyl groups excluding tert-OH is 1. The molecule has 0 spiro atoms. The van der Waals surface area contributed by atoms with E-state index in [1.54, 1.807) is 0 Å². The highest BCUT2D eigenvalue weighted by atomic mass is 16.5. The summed E-state index contributed by atoms with van der Waals surface area (Å²) in [6.07, 6.45) is -2.00. The van der Waals surface area contributed by atoms with E-state index in [1.807, 2.05) is 21.1 Å². The molecule has 0 aliphatic carbocycles. The molecule has 0 saturated heterocycles. The Morgan fingerprint density at radius 2 is 1.82 bits per heavy atom. The van der Waals surface area contributed by atoms with Crippen LogP contribution in [0.4, 0.5) is 0 Å². The number of aliphatic carboxylic acids is 1. The standard InChI is InChI=1S/C11H21NO5/c1-8(13)5-11(16)17-9(6-10(14)15)7-12(2,3)4/h8-9,13H,5-7H2,1-4H3/t8-,9+/m1/s1. The Morgan fingerprint density at radius 1 is 1.29 bits per heavy atom. The van der Waals surface area contributed by atoms with Gasteiger partial charge in [-0.2, -0.15) is 0 Å². The summed E-state index contributed by atoms with van der Waals surface area (Å²) in [4.78, 5) is 21.9.